The van der Waals surface area contributed by atoms with Gasteiger partial charge in [0.15, 0.2) is 0 Å². The van der Waals surface area contributed by atoms with Crippen LogP contribution in [-0.4, -0.2) is 16.4 Å². The Morgan fingerprint density at radius 3 is 2.54 bits per heavy atom. The lowest BCUT2D eigenvalue weighted by Crippen LogP contribution is -2.33. The third kappa shape index (κ3) is 3.11. The highest BCUT2D eigenvalue weighted by Crippen LogP contribution is 2.28. The number of phenols is 1. The topological polar surface area (TPSA) is 79.5 Å². The van der Waals surface area contributed by atoms with Crippen LogP contribution < -0.4 is 10.9 Å². The molecule has 0 amide bonds. The van der Waals surface area contributed by atoms with E-state index < -0.39 is 11.2 Å². The molecule has 0 spiro atoms. The third-order valence-electron chi connectivity index (χ3n) is 3.87. The zero-order valence-corrected chi connectivity index (χ0v) is 13.8. The SMILES string of the molecule is CC(=O)CC(C)(C)Nc1ccc2c(c1)c(=O)oc1cc(O)ccc12. The molecular formula is C19H19NO4. The Bertz CT molecular complexity index is 1000. The molecule has 0 radical (unpaired) electrons. The molecule has 0 fully saturated rings. The van der Waals surface area contributed by atoms with Gasteiger partial charge in [-0.25, -0.2) is 4.79 Å². The van der Waals surface area contributed by atoms with Crippen molar-refractivity contribution in [3.05, 3.63) is 46.8 Å². The van der Waals surface area contributed by atoms with Crippen molar-refractivity contribution in [2.75, 3.05) is 5.32 Å². The molecule has 124 valence electrons. The van der Waals surface area contributed by atoms with Crippen molar-refractivity contribution < 1.29 is 14.3 Å². The highest BCUT2D eigenvalue weighted by atomic mass is 16.4. The maximum Gasteiger partial charge on any atom is 0.344 e. The van der Waals surface area contributed by atoms with E-state index in [1.807, 2.05) is 26.0 Å². The van der Waals surface area contributed by atoms with Crippen LogP contribution in [0.15, 0.2) is 45.6 Å². The zero-order chi connectivity index (χ0) is 17.5. The summed E-state index contributed by atoms with van der Waals surface area (Å²) in [5, 5.41) is 14.8. The van der Waals surface area contributed by atoms with E-state index in [9.17, 15) is 14.7 Å². The summed E-state index contributed by atoms with van der Waals surface area (Å²) in [7, 11) is 0. The Hall–Kier alpha value is -2.82. The molecule has 0 aliphatic rings. The predicted molar refractivity (Wildman–Crippen MR) is 94.7 cm³/mol. The molecule has 0 aliphatic heterocycles. The number of carbonyl (C=O) groups excluding carboxylic acids is 1. The van der Waals surface area contributed by atoms with Gasteiger partial charge in [-0.15, -0.1) is 0 Å². The van der Waals surface area contributed by atoms with E-state index in [0.717, 1.165) is 16.5 Å². The lowest BCUT2D eigenvalue weighted by molar-refractivity contribution is -0.117. The monoisotopic (exact) mass is 325 g/mol. The van der Waals surface area contributed by atoms with Gasteiger partial charge in [0.1, 0.15) is 17.1 Å². The molecular weight excluding hydrogens is 306 g/mol. The highest BCUT2D eigenvalue weighted by Gasteiger charge is 2.20. The van der Waals surface area contributed by atoms with Gasteiger partial charge < -0.3 is 14.8 Å². The van der Waals surface area contributed by atoms with Crippen LogP contribution in [0.2, 0.25) is 0 Å². The van der Waals surface area contributed by atoms with Crippen LogP contribution in [0.1, 0.15) is 27.2 Å². The summed E-state index contributed by atoms with van der Waals surface area (Å²) >= 11 is 0. The van der Waals surface area contributed by atoms with E-state index in [4.69, 9.17) is 4.42 Å². The van der Waals surface area contributed by atoms with Gasteiger partial charge >= 0.3 is 5.63 Å². The molecule has 2 aromatic carbocycles. The van der Waals surface area contributed by atoms with E-state index in [1.165, 1.54) is 6.07 Å². The molecule has 0 saturated carbocycles. The molecule has 0 bridgehead atoms. The van der Waals surface area contributed by atoms with Crippen molar-refractivity contribution >= 4 is 33.2 Å². The number of fused-ring (bicyclic) bond motifs is 3. The summed E-state index contributed by atoms with van der Waals surface area (Å²) in [6.45, 7) is 5.43. The van der Waals surface area contributed by atoms with Crippen LogP contribution in [0.25, 0.3) is 21.7 Å². The van der Waals surface area contributed by atoms with Crippen molar-refractivity contribution in [2.24, 2.45) is 0 Å². The first-order valence-electron chi connectivity index (χ1n) is 7.72. The number of aromatic hydroxyl groups is 1. The van der Waals surface area contributed by atoms with Crippen molar-refractivity contribution in [3.8, 4) is 5.75 Å². The molecule has 0 unspecified atom stereocenters. The summed E-state index contributed by atoms with van der Waals surface area (Å²) in [4.78, 5) is 23.6. The van der Waals surface area contributed by atoms with Gasteiger partial charge in [-0.2, -0.15) is 0 Å². The molecule has 5 heteroatoms. The number of hydrogen-bond donors (Lipinski definition) is 2. The number of benzene rings is 2. The van der Waals surface area contributed by atoms with Gasteiger partial charge in [0.05, 0.1) is 5.39 Å². The normalized spacial score (nSPS) is 11.8. The van der Waals surface area contributed by atoms with Gasteiger partial charge in [-0.1, -0.05) is 6.07 Å². The van der Waals surface area contributed by atoms with Crippen LogP contribution in [-0.2, 0) is 4.79 Å². The summed E-state index contributed by atoms with van der Waals surface area (Å²) in [5.41, 5.74) is 0.225. The predicted octanol–water partition coefficient (Wildman–Crippen LogP) is 3.82. The summed E-state index contributed by atoms with van der Waals surface area (Å²) in [6.07, 6.45) is 0.386. The largest absolute Gasteiger partial charge is 0.508 e. The molecule has 24 heavy (non-hydrogen) atoms. The van der Waals surface area contributed by atoms with Gasteiger partial charge in [0, 0.05) is 34.5 Å². The average Bonchev–Trinajstić information content (AvgIpc) is 2.45. The quantitative estimate of drug-likeness (QED) is 0.563. The standard InChI is InChI=1S/C19H19NO4/c1-11(21)10-19(2,3)20-12-4-6-14-15-7-5-13(22)9-17(15)24-18(23)16(14)8-12/h4-9,20,22H,10H2,1-3H3. The van der Waals surface area contributed by atoms with Gasteiger partial charge in [-0.05, 0) is 45.0 Å². The minimum atomic E-state index is -0.462. The Morgan fingerprint density at radius 2 is 1.83 bits per heavy atom. The van der Waals surface area contributed by atoms with Crippen LogP contribution in [0.5, 0.6) is 5.75 Å². The van der Waals surface area contributed by atoms with Crippen molar-refractivity contribution in [3.63, 3.8) is 0 Å². The fraction of sp³-hybridized carbons (Fsp3) is 0.263. The van der Waals surface area contributed by atoms with E-state index in [1.54, 1.807) is 25.1 Å². The molecule has 2 N–H and O–H groups in total. The second-order valence-electron chi connectivity index (χ2n) is 6.72. The molecule has 3 rings (SSSR count). The number of nitrogens with one attached hydrogen (secondary N) is 1. The third-order valence-corrected chi connectivity index (χ3v) is 3.87. The van der Waals surface area contributed by atoms with Gasteiger partial charge in [0.25, 0.3) is 0 Å². The summed E-state index contributed by atoms with van der Waals surface area (Å²) < 4.78 is 5.31. The van der Waals surface area contributed by atoms with Crippen LogP contribution in [0, 0.1) is 0 Å². The molecule has 1 heterocycles. The smallest absolute Gasteiger partial charge is 0.344 e. The van der Waals surface area contributed by atoms with Crippen LogP contribution in [0.3, 0.4) is 0 Å². The molecule has 3 aromatic rings. The first-order valence-corrected chi connectivity index (χ1v) is 7.72. The minimum absolute atomic E-state index is 0.0502. The Labute approximate surface area is 138 Å². The number of hydrogen-bond acceptors (Lipinski definition) is 5. The maximum absolute atomic E-state index is 12.3. The lowest BCUT2D eigenvalue weighted by Gasteiger charge is -2.26. The fourth-order valence-corrected chi connectivity index (χ4v) is 3.06. The molecule has 0 saturated heterocycles. The second kappa shape index (κ2) is 5.67. The Morgan fingerprint density at radius 1 is 1.12 bits per heavy atom. The highest BCUT2D eigenvalue weighted by molar-refractivity contribution is 6.05. The van der Waals surface area contributed by atoms with E-state index in [-0.39, 0.29) is 11.5 Å². The molecule has 5 nitrogen and oxygen atoms in total. The fourth-order valence-electron chi connectivity index (χ4n) is 3.06. The maximum atomic E-state index is 12.3. The Kier molecular flexibility index (Phi) is 3.79. The number of Topliss-reactive ketones (excluding diaryl/α,β-unsaturated/α-hetero) is 1. The lowest BCUT2D eigenvalue weighted by atomic mass is 9.97. The van der Waals surface area contributed by atoms with Crippen molar-refractivity contribution in [1.82, 2.24) is 0 Å². The number of ketones is 1. The number of anilines is 1. The minimum Gasteiger partial charge on any atom is -0.508 e. The first kappa shape index (κ1) is 16.1. The van der Waals surface area contributed by atoms with E-state index in [0.29, 0.717) is 17.4 Å². The number of rotatable bonds is 4. The summed E-state index contributed by atoms with van der Waals surface area (Å²) in [5.74, 6) is 0.146. The van der Waals surface area contributed by atoms with Crippen molar-refractivity contribution in [2.45, 2.75) is 32.7 Å². The van der Waals surface area contributed by atoms with Gasteiger partial charge in [0.2, 0.25) is 0 Å². The zero-order valence-electron chi connectivity index (χ0n) is 13.8. The average molecular weight is 325 g/mol. The molecule has 1 aromatic heterocycles. The molecule has 0 aliphatic carbocycles. The Balaban J connectivity index is 2.10. The van der Waals surface area contributed by atoms with E-state index >= 15 is 0 Å². The second-order valence-corrected chi connectivity index (χ2v) is 6.72. The molecule has 0 atom stereocenters. The number of carbonyl (C=O) groups is 1. The van der Waals surface area contributed by atoms with Crippen molar-refractivity contribution in [1.29, 1.82) is 0 Å². The van der Waals surface area contributed by atoms with Crippen LogP contribution in [0.4, 0.5) is 5.69 Å². The van der Waals surface area contributed by atoms with E-state index in [2.05, 4.69) is 5.32 Å². The van der Waals surface area contributed by atoms with Crippen LogP contribution >= 0.6 is 0 Å². The summed E-state index contributed by atoms with van der Waals surface area (Å²) in [6, 6.07) is 10.2. The first-order chi connectivity index (χ1) is 11.2. The number of phenolic OH excluding ortho intramolecular Hbond substituents is 1. The van der Waals surface area contributed by atoms with Gasteiger partial charge in [-0.3, -0.25) is 4.79 Å².